The van der Waals surface area contributed by atoms with E-state index in [9.17, 15) is 56.1 Å². The first-order valence-electron chi connectivity index (χ1n) is 29.6. The van der Waals surface area contributed by atoms with Gasteiger partial charge in [-0.1, -0.05) is 174 Å². The van der Waals surface area contributed by atoms with Gasteiger partial charge in [0.2, 0.25) is 11.8 Å². The van der Waals surface area contributed by atoms with Gasteiger partial charge in [0, 0.05) is 22.7 Å². The average molecular weight is 1520 g/mol. The number of carbonyl (C=O) groups excluding carboxylic acids is 5. The normalized spacial score (nSPS) is 12.4. The Balaban J connectivity index is 0.000000233. The van der Waals surface area contributed by atoms with Crippen LogP contribution in [0.3, 0.4) is 0 Å². The van der Waals surface area contributed by atoms with E-state index in [4.69, 9.17) is 97.5 Å². The monoisotopic (exact) mass is 1520 g/mol. The molecule has 0 aliphatic rings. The minimum Gasteiger partial charge on any atom is -0.506 e. The molecule has 0 bridgehead atoms. The second kappa shape index (κ2) is 33.9. The van der Waals surface area contributed by atoms with Crippen molar-refractivity contribution < 1.29 is 60.9 Å². The second-order valence-electron chi connectivity index (χ2n) is 22.1. The molecule has 3 unspecified atom stereocenters. The number of aromatic hydroxyl groups is 3. The molecule has 0 fully saturated rings. The lowest BCUT2D eigenvalue weighted by atomic mass is 10.1. The van der Waals surface area contributed by atoms with Gasteiger partial charge in [0.25, 0.3) is 17.7 Å². The molecular formula is C69H67Cl8N5O13S2. The van der Waals surface area contributed by atoms with Crippen molar-refractivity contribution >= 4 is 170 Å². The highest BCUT2D eigenvalue weighted by Gasteiger charge is 2.46. The number of ether oxygens (including phenoxy) is 1. The molecule has 0 saturated heterocycles. The Bertz CT molecular complexity index is 4540. The number of nitrogens with one attached hydrogen (secondary N) is 5. The van der Waals surface area contributed by atoms with Crippen LogP contribution < -0.4 is 31.3 Å². The number of anilines is 5. The second-order valence-corrected chi connectivity index (χ2v) is 29.8. The summed E-state index contributed by atoms with van der Waals surface area (Å²) < 4.78 is 56.8. The molecule has 0 heterocycles. The molecule has 8 aromatic rings. The molecule has 0 radical (unpaired) electrons. The number of halogens is 8. The summed E-state index contributed by atoms with van der Waals surface area (Å²) in [7, 11) is -8.04. The van der Waals surface area contributed by atoms with Crippen molar-refractivity contribution in [2.75, 3.05) is 26.6 Å². The molecule has 8 aromatic carbocycles. The summed E-state index contributed by atoms with van der Waals surface area (Å²) in [5.41, 5.74) is 4.57. The zero-order chi connectivity index (χ0) is 72.2. The first kappa shape index (κ1) is 78.5. The van der Waals surface area contributed by atoms with E-state index < -0.39 is 70.9 Å². The zero-order valence-electron chi connectivity index (χ0n) is 53.4. The molecule has 0 aliphatic carbocycles. The van der Waals surface area contributed by atoms with Crippen LogP contribution in [0, 0.1) is 27.7 Å². The standard InChI is InChI=1S/C25H23Cl3N2O5S.C24H21Cl3N2O5S.C20H23Cl2NO3/c1-4-25(3,36(34,35)16-8-5-14(2)6-9-16)24(33)30-20-13-22(31)21(12-19(20)28)29-23(32)15-7-10-17(26)18(27)11-15;1-3-21(35(33,34)14-7-4-6-13(2)10-14)23(31)28-18-12-20(30)19(11-17(18)27)29-24(32)22-15(25)8-5-9-16(22)26;1-5-13-14(21)10-15(19(24)18(13)22)23-20(25)16(6-2)26-17-8-7-11(3)9-12(17)4/h5-13,31H,4H2,1-3H3,(H,29,32)(H,30,33);4-12,21,30H,3H2,1-2H3,(H,28,31)(H,29,32);7-10,16,24H,5-6H2,1-4H3,(H,23,25). The molecular weight excluding hydrogens is 1450 g/mol. The van der Waals surface area contributed by atoms with E-state index in [0.29, 0.717) is 29.2 Å². The van der Waals surface area contributed by atoms with E-state index in [0.717, 1.165) is 34.4 Å². The molecule has 0 aliphatic heterocycles. The van der Waals surface area contributed by atoms with Crippen LogP contribution in [-0.2, 0) is 40.5 Å². The lowest BCUT2D eigenvalue weighted by Crippen LogP contribution is -2.46. The van der Waals surface area contributed by atoms with Crippen LogP contribution in [0.1, 0.15) is 102 Å². The lowest BCUT2D eigenvalue weighted by Gasteiger charge is -2.27. The fourth-order valence-corrected chi connectivity index (χ4v) is 14.8. The van der Waals surface area contributed by atoms with Crippen molar-refractivity contribution in [3.05, 3.63) is 213 Å². The maximum atomic E-state index is 13.3. The van der Waals surface area contributed by atoms with Gasteiger partial charge >= 0.3 is 0 Å². The molecule has 5 amide bonds. The number of amides is 5. The van der Waals surface area contributed by atoms with Gasteiger partial charge in [-0.3, -0.25) is 24.0 Å². The van der Waals surface area contributed by atoms with Gasteiger partial charge in [-0.15, -0.1) is 0 Å². The van der Waals surface area contributed by atoms with Gasteiger partial charge < -0.3 is 46.6 Å². The predicted molar refractivity (Wildman–Crippen MR) is 389 cm³/mol. The van der Waals surface area contributed by atoms with Gasteiger partial charge in [0.15, 0.2) is 36.3 Å². The fraction of sp³-hybridized carbons (Fsp3) is 0.232. The van der Waals surface area contributed by atoms with Crippen LogP contribution in [0.25, 0.3) is 0 Å². The number of rotatable bonds is 20. The topological polar surface area (TPSA) is 284 Å². The Morgan fingerprint density at radius 2 is 1.03 bits per heavy atom. The first-order chi connectivity index (χ1) is 45.5. The summed E-state index contributed by atoms with van der Waals surface area (Å²) in [6, 6.07) is 33.3. The summed E-state index contributed by atoms with van der Waals surface area (Å²) in [6.45, 7) is 15.7. The van der Waals surface area contributed by atoms with Crippen LogP contribution in [0.4, 0.5) is 28.4 Å². The summed E-state index contributed by atoms with van der Waals surface area (Å²) in [6.07, 6.45) is 0.329. The van der Waals surface area contributed by atoms with E-state index >= 15 is 0 Å². The quantitative estimate of drug-likeness (QED) is 0.0330. The molecule has 514 valence electrons. The molecule has 0 aromatic heterocycles. The van der Waals surface area contributed by atoms with Crippen LogP contribution in [0.15, 0.2) is 143 Å². The number of phenolic OH excluding ortho intramolecular Hbond substituents is 3. The minimum atomic E-state index is -4.07. The maximum absolute atomic E-state index is 13.3. The highest BCUT2D eigenvalue weighted by molar-refractivity contribution is 7.93. The summed E-state index contributed by atoms with van der Waals surface area (Å²) in [5.74, 6) is -3.63. The van der Waals surface area contributed by atoms with Crippen LogP contribution in [-0.4, -0.2) is 77.8 Å². The van der Waals surface area contributed by atoms with E-state index in [1.54, 1.807) is 51.1 Å². The van der Waals surface area contributed by atoms with Crippen molar-refractivity contribution in [3.63, 3.8) is 0 Å². The van der Waals surface area contributed by atoms with Gasteiger partial charge in [-0.2, -0.15) is 0 Å². The Hall–Kier alpha value is -7.47. The Morgan fingerprint density at radius 1 is 0.495 bits per heavy atom. The number of sulfone groups is 2. The van der Waals surface area contributed by atoms with Crippen molar-refractivity contribution in [2.24, 2.45) is 0 Å². The van der Waals surface area contributed by atoms with Crippen molar-refractivity contribution in [3.8, 4) is 23.0 Å². The lowest BCUT2D eigenvalue weighted by molar-refractivity contribution is -0.123. The SMILES string of the molecule is CCC(C(=O)Nc1cc(O)c(NC(=O)c2c(Cl)cccc2Cl)cc1Cl)S(=O)(=O)c1cccc(C)c1.CCC(C)(C(=O)Nc1cc(O)c(NC(=O)c2ccc(Cl)c(Cl)c2)cc1Cl)S(=O)(=O)c1ccc(C)cc1.CCc1c(Cl)cc(NC(=O)C(CC)Oc2ccc(C)cc2C)c(O)c1Cl. The summed E-state index contributed by atoms with van der Waals surface area (Å²) in [5, 5.41) is 43.5. The number of phenols is 3. The third-order valence-corrected chi connectivity index (χ3v) is 22.6. The summed E-state index contributed by atoms with van der Waals surface area (Å²) >= 11 is 48.8. The van der Waals surface area contributed by atoms with Gasteiger partial charge in [0.05, 0.1) is 78.9 Å². The number of carbonyl (C=O) groups is 5. The first-order valence-corrected chi connectivity index (χ1v) is 35.6. The van der Waals surface area contributed by atoms with Gasteiger partial charge in [-0.05, 0) is 156 Å². The van der Waals surface area contributed by atoms with Gasteiger partial charge in [0.1, 0.15) is 22.5 Å². The third kappa shape index (κ3) is 19.1. The molecule has 97 heavy (non-hydrogen) atoms. The highest BCUT2D eigenvalue weighted by atomic mass is 35.5. The Morgan fingerprint density at radius 3 is 1.57 bits per heavy atom. The van der Waals surface area contributed by atoms with Crippen molar-refractivity contribution in [2.45, 2.75) is 114 Å². The number of hydrogen-bond acceptors (Lipinski definition) is 13. The molecule has 0 saturated carbocycles. The van der Waals surface area contributed by atoms with Crippen LogP contribution in [0.5, 0.6) is 23.0 Å². The molecule has 0 spiro atoms. The highest BCUT2D eigenvalue weighted by Crippen LogP contribution is 2.42. The van der Waals surface area contributed by atoms with Gasteiger partial charge in [-0.25, -0.2) is 16.8 Å². The molecule has 8 N–H and O–H groups in total. The predicted octanol–water partition coefficient (Wildman–Crippen LogP) is 18.3. The number of aryl methyl sites for hydroxylation is 4. The van der Waals surface area contributed by atoms with Crippen molar-refractivity contribution in [1.29, 1.82) is 0 Å². The fourth-order valence-electron chi connectivity index (χ4n) is 9.35. The van der Waals surface area contributed by atoms with E-state index in [1.165, 1.54) is 79.7 Å². The molecule has 8 rings (SSSR count). The minimum absolute atomic E-state index is 0.0101. The van der Waals surface area contributed by atoms with Crippen molar-refractivity contribution in [1.82, 2.24) is 0 Å². The Labute approximate surface area is 602 Å². The molecule has 3 atom stereocenters. The molecule has 28 heteroatoms. The zero-order valence-corrected chi connectivity index (χ0v) is 61.1. The van der Waals surface area contributed by atoms with E-state index in [-0.39, 0.29) is 109 Å². The third-order valence-electron chi connectivity index (χ3n) is 15.1. The van der Waals surface area contributed by atoms with E-state index in [2.05, 4.69) is 26.6 Å². The van der Waals surface area contributed by atoms with Crippen LogP contribution >= 0.6 is 92.8 Å². The average Bonchev–Trinajstić information content (AvgIpc) is 0.767. The van der Waals surface area contributed by atoms with Crippen LogP contribution in [0.2, 0.25) is 40.2 Å². The summed E-state index contributed by atoms with van der Waals surface area (Å²) in [4.78, 5) is 63.9. The number of hydrogen-bond donors (Lipinski definition) is 8. The molecule has 18 nitrogen and oxygen atoms in total. The van der Waals surface area contributed by atoms with E-state index in [1.807, 2.05) is 52.8 Å². The number of benzene rings is 8. The largest absolute Gasteiger partial charge is 0.506 e. The smallest absolute Gasteiger partial charge is 0.265 e. The maximum Gasteiger partial charge on any atom is 0.265 e. The Kier molecular flexibility index (Phi) is 27.4.